The number of nitrogens with one attached hydrogen (secondary N) is 1. The maximum atomic E-state index is 13.2. The molecule has 1 fully saturated rings. The molecule has 2 N–H and O–H groups in total. The van der Waals surface area contributed by atoms with Crippen LogP contribution < -0.4 is 5.32 Å². The van der Waals surface area contributed by atoms with E-state index in [1.54, 1.807) is 6.07 Å². The van der Waals surface area contributed by atoms with Crippen molar-refractivity contribution in [2.75, 3.05) is 13.1 Å². The lowest BCUT2D eigenvalue weighted by atomic mass is 10.0. The van der Waals surface area contributed by atoms with Crippen LogP contribution in [0.15, 0.2) is 18.2 Å². The Morgan fingerprint density at radius 3 is 2.62 bits per heavy atom. The number of piperidine rings is 1. The number of aromatic hydroxyl groups is 1. The lowest BCUT2D eigenvalue weighted by Crippen LogP contribution is -2.45. The fourth-order valence-electron chi connectivity index (χ4n) is 2.67. The molecular weight excluding hydrogens is 271 g/mol. The van der Waals surface area contributed by atoms with Crippen molar-refractivity contribution < 1.29 is 14.3 Å². The zero-order chi connectivity index (χ0) is 15.4. The highest BCUT2D eigenvalue weighted by atomic mass is 19.1. The first-order valence-corrected chi connectivity index (χ1v) is 7.46. The molecule has 0 aromatic heterocycles. The van der Waals surface area contributed by atoms with Crippen LogP contribution in [0, 0.1) is 11.7 Å². The molecular formula is C16H23FN2O2. The summed E-state index contributed by atoms with van der Waals surface area (Å²) in [6, 6.07) is 4.41. The first-order chi connectivity index (χ1) is 9.95. The highest BCUT2D eigenvalue weighted by molar-refractivity contribution is 5.78. The third kappa shape index (κ3) is 4.43. The Morgan fingerprint density at radius 2 is 2.05 bits per heavy atom. The molecule has 1 aromatic rings. The van der Waals surface area contributed by atoms with Crippen LogP contribution in [0.1, 0.15) is 32.3 Å². The molecule has 21 heavy (non-hydrogen) atoms. The summed E-state index contributed by atoms with van der Waals surface area (Å²) in [6.45, 7) is 5.90. The Bertz CT molecular complexity index is 477. The SMILES string of the molecule is CC(C)C(=O)N1CCC(NCc2cc(O)cc(F)c2)CC1. The van der Waals surface area contributed by atoms with Crippen LogP contribution >= 0.6 is 0 Å². The fourth-order valence-corrected chi connectivity index (χ4v) is 2.67. The summed E-state index contributed by atoms with van der Waals surface area (Å²) < 4.78 is 13.2. The number of nitrogens with zero attached hydrogens (tertiary/aromatic N) is 1. The van der Waals surface area contributed by atoms with Gasteiger partial charge in [-0.25, -0.2) is 4.39 Å². The highest BCUT2D eigenvalue weighted by Gasteiger charge is 2.23. The largest absolute Gasteiger partial charge is 0.508 e. The minimum absolute atomic E-state index is 0.0461. The van der Waals surface area contributed by atoms with Gasteiger partial charge in [0.1, 0.15) is 11.6 Å². The van der Waals surface area contributed by atoms with Crippen molar-refractivity contribution in [2.45, 2.75) is 39.3 Å². The number of carbonyl (C=O) groups is 1. The molecule has 2 rings (SSSR count). The van der Waals surface area contributed by atoms with Gasteiger partial charge in [0.25, 0.3) is 0 Å². The van der Waals surface area contributed by atoms with Crippen LogP contribution in [0.4, 0.5) is 4.39 Å². The second-order valence-electron chi connectivity index (χ2n) is 5.95. The fraction of sp³-hybridized carbons (Fsp3) is 0.562. The van der Waals surface area contributed by atoms with Gasteiger partial charge in [-0.15, -0.1) is 0 Å². The lowest BCUT2D eigenvalue weighted by molar-refractivity contribution is -0.135. The zero-order valence-corrected chi connectivity index (χ0v) is 12.6. The molecule has 1 heterocycles. The Kier molecular flexibility index (Phi) is 5.17. The maximum Gasteiger partial charge on any atom is 0.225 e. The second-order valence-corrected chi connectivity index (χ2v) is 5.95. The van der Waals surface area contributed by atoms with Gasteiger partial charge in [-0.2, -0.15) is 0 Å². The van der Waals surface area contributed by atoms with Gasteiger partial charge in [0.05, 0.1) is 0 Å². The van der Waals surface area contributed by atoms with Crippen LogP contribution in [-0.4, -0.2) is 35.0 Å². The summed E-state index contributed by atoms with van der Waals surface area (Å²) in [7, 11) is 0. The van der Waals surface area contributed by atoms with E-state index in [0.29, 0.717) is 12.6 Å². The van der Waals surface area contributed by atoms with E-state index < -0.39 is 5.82 Å². The van der Waals surface area contributed by atoms with E-state index in [4.69, 9.17) is 0 Å². The zero-order valence-electron chi connectivity index (χ0n) is 12.6. The molecule has 1 amide bonds. The van der Waals surface area contributed by atoms with Crippen molar-refractivity contribution in [1.29, 1.82) is 0 Å². The standard InChI is InChI=1S/C16H23FN2O2/c1-11(2)16(21)19-5-3-14(4-6-19)18-10-12-7-13(17)9-15(20)8-12/h7-9,11,14,18,20H,3-6,10H2,1-2H3. The Balaban J connectivity index is 1.80. The van der Waals surface area contributed by atoms with Gasteiger partial charge in [-0.3, -0.25) is 4.79 Å². The number of benzene rings is 1. The molecule has 0 atom stereocenters. The maximum absolute atomic E-state index is 13.2. The van der Waals surface area contributed by atoms with Gasteiger partial charge >= 0.3 is 0 Å². The molecule has 0 bridgehead atoms. The van der Waals surface area contributed by atoms with Gasteiger partial charge in [0.15, 0.2) is 0 Å². The second kappa shape index (κ2) is 6.89. The summed E-state index contributed by atoms with van der Waals surface area (Å²) in [6.07, 6.45) is 1.81. The molecule has 5 heteroatoms. The van der Waals surface area contributed by atoms with Gasteiger partial charge in [-0.05, 0) is 30.5 Å². The third-order valence-electron chi connectivity index (χ3n) is 3.84. The first kappa shape index (κ1) is 15.8. The summed E-state index contributed by atoms with van der Waals surface area (Å²) in [5.74, 6) is -0.221. The Hall–Kier alpha value is -1.62. The number of hydrogen-bond acceptors (Lipinski definition) is 3. The van der Waals surface area contributed by atoms with Crippen molar-refractivity contribution in [3.8, 4) is 5.75 Å². The van der Waals surface area contributed by atoms with E-state index in [2.05, 4.69) is 5.32 Å². The van der Waals surface area contributed by atoms with Crippen LogP contribution in [0.2, 0.25) is 0 Å². The number of carbonyl (C=O) groups excluding carboxylic acids is 1. The van der Waals surface area contributed by atoms with Crippen LogP contribution in [0.25, 0.3) is 0 Å². The van der Waals surface area contributed by atoms with E-state index in [1.165, 1.54) is 6.07 Å². The summed E-state index contributed by atoms with van der Waals surface area (Å²) in [5, 5.41) is 12.7. The number of phenols is 1. The number of halogens is 1. The van der Waals surface area contributed by atoms with Crippen LogP contribution in [0.3, 0.4) is 0 Å². The van der Waals surface area contributed by atoms with Crippen LogP contribution in [0.5, 0.6) is 5.75 Å². The van der Waals surface area contributed by atoms with Crippen molar-refractivity contribution in [3.63, 3.8) is 0 Å². The molecule has 1 aromatic carbocycles. The number of rotatable bonds is 4. The molecule has 0 aliphatic carbocycles. The van der Waals surface area contributed by atoms with Crippen molar-refractivity contribution in [2.24, 2.45) is 5.92 Å². The molecule has 4 nitrogen and oxygen atoms in total. The average Bonchev–Trinajstić information content (AvgIpc) is 2.44. The average molecular weight is 294 g/mol. The molecule has 1 saturated heterocycles. The van der Waals surface area contributed by atoms with Gasteiger partial charge in [0, 0.05) is 37.7 Å². The van der Waals surface area contributed by atoms with Crippen molar-refractivity contribution in [1.82, 2.24) is 10.2 Å². The Labute approximate surface area is 125 Å². The van der Waals surface area contributed by atoms with Gasteiger partial charge in [0.2, 0.25) is 5.91 Å². The molecule has 0 saturated carbocycles. The summed E-state index contributed by atoms with van der Waals surface area (Å²) >= 11 is 0. The number of likely N-dealkylation sites (tertiary alicyclic amines) is 1. The minimum atomic E-state index is -0.427. The number of hydrogen-bond donors (Lipinski definition) is 2. The monoisotopic (exact) mass is 294 g/mol. The smallest absolute Gasteiger partial charge is 0.225 e. The normalized spacial score (nSPS) is 16.5. The quantitative estimate of drug-likeness (QED) is 0.895. The predicted molar refractivity (Wildman–Crippen MR) is 79.3 cm³/mol. The van der Waals surface area contributed by atoms with E-state index in [1.807, 2.05) is 18.7 Å². The highest BCUT2D eigenvalue weighted by Crippen LogP contribution is 2.17. The van der Waals surface area contributed by atoms with E-state index >= 15 is 0 Å². The molecule has 1 aliphatic rings. The van der Waals surface area contributed by atoms with E-state index in [9.17, 15) is 14.3 Å². The topological polar surface area (TPSA) is 52.6 Å². The van der Waals surface area contributed by atoms with Gasteiger partial charge < -0.3 is 15.3 Å². The van der Waals surface area contributed by atoms with Gasteiger partial charge in [-0.1, -0.05) is 13.8 Å². The minimum Gasteiger partial charge on any atom is -0.508 e. The molecule has 0 spiro atoms. The number of amides is 1. The van der Waals surface area contributed by atoms with E-state index in [0.717, 1.165) is 37.6 Å². The number of phenolic OH excluding ortho intramolecular Hbond substituents is 1. The molecule has 116 valence electrons. The molecule has 0 radical (unpaired) electrons. The molecule has 1 aliphatic heterocycles. The van der Waals surface area contributed by atoms with Crippen molar-refractivity contribution >= 4 is 5.91 Å². The van der Waals surface area contributed by atoms with E-state index in [-0.39, 0.29) is 17.6 Å². The predicted octanol–water partition coefficient (Wildman–Crippen LogP) is 2.27. The summed E-state index contributed by atoms with van der Waals surface area (Å²) in [4.78, 5) is 13.8. The lowest BCUT2D eigenvalue weighted by Gasteiger charge is -2.33. The molecule has 0 unspecified atom stereocenters. The third-order valence-corrected chi connectivity index (χ3v) is 3.84. The van der Waals surface area contributed by atoms with Crippen LogP contribution in [-0.2, 0) is 11.3 Å². The Morgan fingerprint density at radius 1 is 1.38 bits per heavy atom. The summed E-state index contributed by atoms with van der Waals surface area (Å²) in [5.41, 5.74) is 0.730. The van der Waals surface area contributed by atoms with Crippen molar-refractivity contribution in [3.05, 3.63) is 29.6 Å². The first-order valence-electron chi connectivity index (χ1n) is 7.46.